The number of hydrogen-bond donors (Lipinski definition) is 2. The van der Waals surface area contributed by atoms with Gasteiger partial charge in [-0.25, -0.2) is 8.42 Å². The highest BCUT2D eigenvalue weighted by molar-refractivity contribution is 7.92. The van der Waals surface area contributed by atoms with Gasteiger partial charge in [-0.1, -0.05) is 30.3 Å². The lowest BCUT2D eigenvalue weighted by atomic mass is 9.98. The Morgan fingerprint density at radius 2 is 1.91 bits per heavy atom. The molecule has 1 heterocycles. The maximum atomic E-state index is 12.7. The van der Waals surface area contributed by atoms with E-state index in [1.807, 2.05) is 30.3 Å². The van der Waals surface area contributed by atoms with E-state index in [0.29, 0.717) is 5.56 Å². The highest BCUT2D eigenvalue weighted by Gasteiger charge is 2.36. The lowest BCUT2D eigenvalue weighted by Crippen LogP contribution is -2.33. The van der Waals surface area contributed by atoms with Gasteiger partial charge < -0.3 is 15.2 Å². The number of methoxy groups -OCH3 is 1. The quantitative estimate of drug-likeness (QED) is 0.883. The third-order valence-electron chi connectivity index (χ3n) is 3.84. The summed E-state index contributed by atoms with van der Waals surface area (Å²) in [4.78, 5) is 0.191. The fourth-order valence-electron chi connectivity index (χ4n) is 2.75. The van der Waals surface area contributed by atoms with Gasteiger partial charge in [0, 0.05) is 13.7 Å². The molecule has 0 bridgehead atoms. The van der Waals surface area contributed by atoms with Crippen LogP contribution in [-0.4, -0.2) is 32.6 Å². The number of ether oxygens (including phenoxy) is 1. The lowest BCUT2D eigenvalue weighted by molar-refractivity contribution is 0.161. The van der Waals surface area contributed by atoms with Gasteiger partial charge in [0.15, 0.2) is 5.44 Å². The molecular formula is C16H17NO4S. The Kier molecular flexibility index (Phi) is 3.90. The molecule has 2 unspecified atom stereocenters. The standard InChI is InChI=1S/C16H17NO4S/c1-21-15-10-17-16(11-5-3-2-4-6-11)13-9-12(18)7-8-14(13)22(15,19)20/h2-9,15-18H,10H2,1H3. The number of phenols is 1. The first-order chi connectivity index (χ1) is 10.5. The second kappa shape index (κ2) is 5.72. The minimum absolute atomic E-state index is 0.0348. The Hall–Kier alpha value is -1.89. The normalized spacial score (nSPS) is 23.5. The Morgan fingerprint density at radius 1 is 1.18 bits per heavy atom. The van der Waals surface area contributed by atoms with Crippen LogP contribution in [0.2, 0.25) is 0 Å². The van der Waals surface area contributed by atoms with Gasteiger partial charge >= 0.3 is 0 Å². The predicted molar refractivity (Wildman–Crippen MR) is 82.4 cm³/mol. The van der Waals surface area contributed by atoms with Gasteiger partial charge in [-0.3, -0.25) is 0 Å². The molecule has 22 heavy (non-hydrogen) atoms. The Bertz CT molecular complexity index is 774. The fourth-order valence-corrected chi connectivity index (χ4v) is 4.36. The smallest absolute Gasteiger partial charge is 0.206 e. The third kappa shape index (κ3) is 2.49. The molecule has 0 saturated carbocycles. The van der Waals surface area contributed by atoms with Crippen molar-refractivity contribution in [3.8, 4) is 5.75 Å². The van der Waals surface area contributed by atoms with E-state index < -0.39 is 15.3 Å². The summed E-state index contributed by atoms with van der Waals surface area (Å²) < 4.78 is 30.5. The van der Waals surface area contributed by atoms with Crippen molar-refractivity contribution in [2.45, 2.75) is 16.4 Å². The molecule has 0 aromatic heterocycles. The lowest BCUT2D eigenvalue weighted by Gasteiger charge is -2.18. The zero-order valence-electron chi connectivity index (χ0n) is 12.1. The first-order valence-corrected chi connectivity index (χ1v) is 8.46. The van der Waals surface area contributed by atoms with Crippen LogP contribution in [0.5, 0.6) is 5.75 Å². The van der Waals surface area contributed by atoms with E-state index >= 15 is 0 Å². The van der Waals surface area contributed by atoms with Crippen molar-refractivity contribution in [1.29, 1.82) is 0 Å². The Morgan fingerprint density at radius 3 is 2.59 bits per heavy atom. The highest BCUT2D eigenvalue weighted by atomic mass is 32.2. The molecule has 2 aromatic carbocycles. The molecule has 0 fully saturated rings. The number of phenolic OH excluding ortho intramolecular Hbond substituents is 1. The van der Waals surface area contributed by atoms with E-state index in [1.165, 1.54) is 25.3 Å². The number of sulfone groups is 1. The predicted octanol–water partition coefficient (Wildman–Crippen LogP) is 1.83. The van der Waals surface area contributed by atoms with E-state index in [9.17, 15) is 13.5 Å². The van der Waals surface area contributed by atoms with Crippen molar-refractivity contribution in [2.24, 2.45) is 0 Å². The molecule has 0 saturated heterocycles. The molecule has 1 aliphatic rings. The van der Waals surface area contributed by atoms with E-state index in [1.54, 1.807) is 0 Å². The van der Waals surface area contributed by atoms with E-state index in [4.69, 9.17) is 4.74 Å². The van der Waals surface area contributed by atoms with E-state index in [-0.39, 0.29) is 23.2 Å². The summed E-state index contributed by atoms with van der Waals surface area (Å²) in [6.45, 7) is 0.174. The van der Waals surface area contributed by atoms with Crippen LogP contribution in [-0.2, 0) is 14.6 Å². The summed E-state index contributed by atoms with van der Waals surface area (Å²) in [6.07, 6.45) is 0. The van der Waals surface area contributed by atoms with Crippen molar-refractivity contribution in [2.75, 3.05) is 13.7 Å². The first-order valence-electron chi connectivity index (χ1n) is 6.92. The van der Waals surface area contributed by atoms with Gasteiger partial charge in [0.05, 0.1) is 10.9 Å². The number of hydrogen-bond acceptors (Lipinski definition) is 5. The summed E-state index contributed by atoms with van der Waals surface area (Å²) in [7, 11) is -2.24. The second-order valence-corrected chi connectivity index (χ2v) is 7.24. The molecule has 1 aliphatic heterocycles. The van der Waals surface area contributed by atoms with Gasteiger partial charge in [0.25, 0.3) is 0 Å². The summed E-state index contributed by atoms with van der Waals surface area (Å²) in [5.41, 5.74) is 0.511. The van der Waals surface area contributed by atoms with Crippen molar-refractivity contribution in [3.05, 3.63) is 59.7 Å². The molecule has 0 aliphatic carbocycles. The number of benzene rings is 2. The number of aromatic hydroxyl groups is 1. The van der Waals surface area contributed by atoms with Crippen LogP contribution in [0.3, 0.4) is 0 Å². The van der Waals surface area contributed by atoms with Crippen molar-refractivity contribution in [3.63, 3.8) is 0 Å². The molecule has 0 radical (unpaired) electrons. The van der Waals surface area contributed by atoms with Crippen LogP contribution in [0.1, 0.15) is 17.2 Å². The molecule has 6 heteroatoms. The average Bonchev–Trinajstić information content (AvgIpc) is 2.62. The van der Waals surface area contributed by atoms with Crippen LogP contribution in [0, 0.1) is 0 Å². The SMILES string of the molecule is COC1CNC(c2ccccc2)c2cc(O)ccc2S1(=O)=O. The fraction of sp³-hybridized carbons (Fsp3) is 0.250. The Labute approximate surface area is 129 Å². The summed E-state index contributed by atoms with van der Waals surface area (Å²) in [6, 6.07) is 13.5. The van der Waals surface area contributed by atoms with Crippen LogP contribution >= 0.6 is 0 Å². The van der Waals surface area contributed by atoms with Gasteiger partial charge in [-0.05, 0) is 29.3 Å². The molecule has 116 valence electrons. The van der Waals surface area contributed by atoms with Gasteiger partial charge in [-0.15, -0.1) is 0 Å². The van der Waals surface area contributed by atoms with Gasteiger partial charge in [0.2, 0.25) is 9.84 Å². The number of rotatable bonds is 2. The maximum Gasteiger partial charge on any atom is 0.206 e. The van der Waals surface area contributed by atoms with Crippen LogP contribution in [0.4, 0.5) is 0 Å². The van der Waals surface area contributed by atoms with E-state index in [2.05, 4.69) is 5.32 Å². The highest BCUT2D eigenvalue weighted by Crippen LogP contribution is 2.35. The van der Waals surface area contributed by atoms with Crippen molar-refractivity contribution >= 4 is 9.84 Å². The largest absolute Gasteiger partial charge is 0.508 e. The van der Waals surface area contributed by atoms with Gasteiger partial charge in [0.1, 0.15) is 5.75 Å². The topological polar surface area (TPSA) is 75.6 Å². The van der Waals surface area contributed by atoms with Crippen molar-refractivity contribution < 1.29 is 18.3 Å². The number of fused-ring (bicyclic) bond motifs is 1. The number of nitrogens with one attached hydrogen (secondary N) is 1. The minimum Gasteiger partial charge on any atom is -0.508 e. The van der Waals surface area contributed by atoms with Crippen LogP contribution in [0.25, 0.3) is 0 Å². The minimum atomic E-state index is -3.62. The second-order valence-electron chi connectivity index (χ2n) is 5.18. The molecule has 2 atom stereocenters. The third-order valence-corrected chi connectivity index (χ3v) is 5.88. The Balaban J connectivity index is 2.22. The molecule has 3 rings (SSSR count). The molecule has 5 nitrogen and oxygen atoms in total. The maximum absolute atomic E-state index is 12.7. The molecular weight excluding hydrogens is 302 g/mol. The summed E-state index contributed by atoms with van der Waals surface area (Å²) >= 11 is 0. The average molecular weight is 319 g/mol. The molecule has 2 aromatic rings. The monoisotopic (exact) mass is 319 g/mol. The van der Waals surface area contributed by atoms with Crippen molar-refractivity contribution in [1.82, 2.24) is 5.32 Å². The van der Waals surface area contributed by atoms with E-state index in [0.717, 1.165) is 5.56 Å². The first kappa shape index (κ1) is 15.0. The van der Waals surface area contributed by atoms with Crippen LogP contribution in [0.15, 0.2) is 53.4 Å². The van der Waals surface area contributed by atoms with Gasteiger partial charge in [-0.2, -0.15) is 0 Å². The summed E-state index contributed by atoms with van der Waals surface area (Å²) in [5, 5.41) is 13.0. The zero-order chi connectivity index (χ0) is 15.7. The zero-order valence-corrected chi connectivity index (χ0v) is 12.9. The summed E-state index contributed by atoms with van der Waals surface area (Å²) in [5.74, 6) is 0.0348. The molecule has 2 N–H and O–H groups in total. The molecule has 0 amide bonds. The molecule has 0 spiro atoms. The van der Waals surface area contributed by atoms with Crippen LogP contribution < -0.4 is 5.32 Å².